The summed E-state index contributed by atoms with van der Waals surface area (Å²) in [7, 11) is 1.66. The summed E-state index contributed by atoms with van der Waals surface area (Å²) in [5.74, 6) is 2.62. The minimum absolute atomic E-state index is 0.150. The Balaban J connectivity index is 1.67. The molecule has 1 aliphatic heterocycles. The molecule has 1 heterocycles. The van der Waals surface area contributed by atoms with Gasteiger partial charge in [0.1, 0.15) is 17.4 Å². The second kappa shape index (κ2) is 8.23. The van der Waals surface area contributed by atoms with Crippen LogP contribution in [0.2, 0.25) is 0 Å². The molecular weight excluding hydrogens is 427 g/mol. The number of amidine groups is 1. The van der Waals surface area contributed by atoms with Crippen molar-refractivity contribution in [3.05, 3.63) is 57.3 Å². The number of hydrogen-bond donors (Lipinski definition) is 1. The largest absolute Gasteiger partial charge is 0.496 e. The van der Waals surface area contributed by atoms with Crippen LogP contribution >= 0.6 is 27.7 Å². The van der Waals surface area contributed by atoms with Crippen LogP contribution in [0.3, 0.4) is 0 Å². The summed E-state index contributed by atoms with van der Waals surface area (Å²) in [5, 5.41) is 3.36. The van der Waals surface area contributed by atoms with Gasteiger partial charge in [-0.3, -0.25) is 4.99 Å². The van der Waals surface area contributed by atoms with E-state index in [9.17, 15) is 0 Å². The van der Waals surface area contributed by atoms with Crippen LogP contribution in [-0.4, -0.2) is 26.0 Å². The van der Waals surface area contributed by atoms with Gasteiger partial charge in [-0.2, -0.15) is 0 Å². The average Bonchev–Trinajstić information content (AvgIpc) is 3.52. The van der Waals surface area contributed by atoms with Gasteiger partial charge in [-0.05, 0) is 61.1 Å². The molecule has 1 saturated carbocycles. The first-order valence-corrected chi connectivity index (χ1v) is 11.0. The van der Waals surface area contributed by atoms with E-state index in [0.29, 0.717) is 16.6 Å². The topological polar surface area (TPSA) is 33.6 Å². The highest BCUT2D eigenvalue weighted by atomic mass is 79.9. The van der Waals surface area contributed by atoms with E-state index in [1.165, 1.54) is 11.8 Å². The minimum atomic E-state index is -0.150. The van der Waals surface area contributed by atoms with E-state index in [-0.39, 0.29) is 5.82 Å². The monoisotopic (exact) mass is 448 g/mol. The van der Waals surface area contributed by atoms with Crippen molar-refractivity contribution < 1.29 is 9.13 Å². The highest BCUT2D eigenvalue weighted by molar-refractivity contribution is 9.10. The number of nitrogens with zero attached hydrogens (tertiary/aromatic N) is 1. The maximum absolute atomic E-state index is 15.1. The zero-order valence-electron chi connectivity index (χ0n) is 15.2. The van der Waals surface area contributed by atoms with Crippen molar-refractivity contribution in [2.75, 3.05) is 20.2 Å². The molecule has 3 nitrogen and oxygen atoms in total. The molecule has 1 fully saturated rings. The Morgan fingerprint density at radius 2 is 2.15 bits per heavy atom. The van der Waals surface area contributed by atoms with Gasteiger partial charge in [-0.1, -0.05) is 15.9 Å². The number of ether oxygens (including phenoxy) is 1. The van der Waals surface area contributed by atoms with Crippen LogP contribution in [0.1, 0.15) is 41.9 Å². The molecule has 142 valence electrons. The fourth-order valence-electron chi connectivity index (χ4n) is 3.31. The smallest absolute Gasteiger partial charge is 0.137 e. The number of halogens is 2. The first kappa shape index (κ1) is 18.8. The summed E-state index contributed by atoms with van der Waals surface area (Å²) in [5.41, 5.74) is 3.03. The standard InChI is InChI=1S/C21H22BrFN2OS/c1-26-19-6-5-16(22)9-15(19)12-27-20-17(21-24-7-2-8-25-21)10-14(11-18(20)23)13-3-4-13/h5-6,9-11,13H,2-4,7-8,12H2,1H3,(H,24,25). The van der Waals surface area contributed by atoms with Crippen LogP contribution in [-0.2, 0) is 5.75 Å². The first-order chi connectivity index (χ1) is 13.2. The van der Waals surface area contributed by atoms with E-state index in [4.69, 9.17) is 4.74 Å². The summed E-state index contributed by atoms with van der Waals surface area (Å²) >= 11 is 5.01. The van der Waals surface area contributed by atoms with Crippen LogP contribution < -0.4 is 10.1 Å². The Hall–Kier alpha value is -1.53. The van der Waals surface area contributed by atoms with Crippen LogP contribution in [0.15, 0.2) is 44.7 Å². The molecule has 0 amide bonds. The lowest BCUT2D eigenvalue weighted by atomic mass is 10.0. The number of hydrogen-bond acceptors (Lipinski definition) is 4. The summed E-state index contributed by atoms with van der Waals surface area (Å²) in [6, 6.07) is 9.76. The van der Waals surface area contributed by atoms with E-state index in [1.807, 2.05) is 18.2 Å². The molecule has 2 aromatic rings. The molecule has 0 bridgehead atoms. The van der Waals surface area contributed by atoms with E-state index >= 15 is 4.39 Å². The average molecular weight is 449 g/mol. The molecule has 0 saturated heterocycles. The van der Waals surface area contributed by atoms with Gasteiger partial charge in [-0.15, -0.1) is 11.8 Å². The van der Waals surface area contributed by atoms with E-state index < -0.39 is 0 Å². The van der Waals surface area contributed by atoms with Gasteiger partial charge in [0.15, 0.2) is 0 Å². The van der Waals surface area contributed by atoms with Gasteiger partial charge in [0.2, 0.25) is 0 Å². The predicted octanol–water partition coefficient (Wildman–Crippen LogP) is 5.51. The summed E-state index contributed by atoms with van der Waals surface area (Å²) in [6.07, 6.45) is 3.33. The zero-order chi connectivity index (χ0) is 18.8. The molecule has 0 radical (unpaired) electrons. The number of methoxy groups -OCH3 is 1. The molecule has 0 aromatic heterocycles. The Kier molecular flexibility index (Phi) is 5.74. The van der Waals surface area contributed by atoms with E-state index in [1.54, 1.807) is 13.2 Å². The van der Waals surface area contributed by atoms with Crippen LogP contribution in [0, 0.1) is 5.82 Å². The third-order valence-electron chi connectivity index (χ3n) is 4.88. The highest BCUT2D eigenvalue weighted by Gasteiger charge is 2.27. The Bertz CT molecular complexity index is 883. The molecule has 1 aliphatic carbocycles. The number of benzene rings is 2. The van der Waals surface area contributed by atoms with Crippen molar-refractivity contribution in [2.24, 2.45) is 4.99 Å². The molecule has 0 spiro atoms. The molecule has 0 unspecified atom stereocenters. The van der Waals surface area contributed by atoms with Crippen molar-refractivity contribution in [3.63, 3.8) is 0 Å². The van der Waals surface area contributed by atoms with Gasteiger partial charge in [0.05, 0.1) is 12.0 Å². The van der Waals surface area contributed by atoms with E-state index in [2.05, 4.69) is 32.3 Å². The molecule has 27 heavy (non-hydrogen) atoms. The second-order valence-electron chi connectivity index (χ2n) is 6.91. The van der Waals surface area contributed by atoms with Crippen molar-refractivity contribution in [3.8, 4) is 5.75 Å². The van der Waals surface area contributed by atoms with Gasteiger partial charge >= 0.3 is 0 Å². The Morgan fingerprint density at radius 1 is 1.30 bits per heavy atom. The summed E-state index contributed by atoms with van der Waals surface area (Å²) in [4.78, 5) is 5.28. The maximum Gasteiger partial charge on any atom is 0.137 e. The van der Waals surface area contributed by atoms with Crippen molar-refractivity contribution >= 4 is 33.5 Å². The van der Waals surface area contributed by atoms with Crippen LogP contribution in [0.4, 0.5) is 4.39 Å². The highest BCUT2D eigenvalue weighted by Crippen LogP contribution is 2.43. The van der Waals surface area contributed by atoms with Crippen molar-refractivity contribution in [2.45, 2.75) is 35.8 Å². The zero-order valence-corrected chi connectivity index (χ0v) is 17.6. The first-order valence-electron chi connectivity index (χ1n) is 9.23. The number of aliphatic imine (C=N–C) groups is 1. The lowest BCUT2D eigenvalue weighted by Crippen LogP contribution is -2.31. The second-order valence-corrected chi connectivity index (χ2v) is 8.81. The fraction of sp³-hybridized carbons (Fsp3) is 0.381. The number of thioether (sulfide) groups is 1. The SMILES string of the molecule is COc1ccc(Br)cc1CSc1c(F)cc(C2CC2)cc1C1=NCCCN1. The fourth-order valence-corrected chi connectivity index (χ4v) is 4.75. The molecule has 6 heteroatoms. The lowest BCUT2D eigenvalue weighted by Gasteiger charge is -2.19. The van der Waals surface area contributed by atoms with E-state index in [0.717, 1.165) is 65.1 Å². The maximum atomic E-state index is 15.1. The molecule has 2 aliphatic rings. The predicted molar refractivity (Wildman–Crippen MR) is 113 cm³/mol. The van der Waals surface area contributed by atoms with Crippen LogP contribution in [0.25, 0.3) is 0 Å². The number of nitrogens with one attached hydrogen (secondary N) is 1. The molecular formula is C21H22BrFN2OS. The van der Waals surface area contributed by atoms with Gasteiger partial charge in [0, 0.05) is 34.4 Å². The molecule has 4 rings (SSSR count). The third kappa shape index (κ3) is 4.32. The molecule has 0 atom stereocenters. The third-order valence-corrected chi connectivity index (χ3v) is 6.53. The van der Waals surface area contributed by atoms with Crippen molar-refractivity contribution in [1.82, 2.24) is 5.32 Å². The van der Waals surface area contributed by atoms with Crippen molar-refractivity contribution in [1.29, 1.82) is 0 Å². The Labute approximate surface area is 171 Å². The normalized spacial score (nSPS) is 16.6. The quantitative estimate of drug-likeness (QED) is 0.591. The molecule has 1 N–H and O–H groups in total. The summed E-state index contributed by atoms with van der Waals surface area (Å²) < 4.78 is 21.5. The lowest BCUT2D eigenvalue weighted by molar-refractivity contribution is 0.411. The molecule has 2 aromatic carbocycles. The Morgan fingerprint density at radius 3 is 2.85 bits per heavy atom. The summed E-state index contributed by atoms with van der Waals surface area (Å²) in [6.45, 7) is 1.68. The van der Waals surface area contributed by atoms with Crippen LogP contribution in [0.5, 0.6) is 5.75 Å². The van der Waals surface area contributed by atoms with Gasteiger partial charge < -0.3 is 10.1 Å². The van der Waals surface area contributed by atoms with Gasteiger partial charge in [-0.25, -0.2) is 4.39 Å². The number of rotatable bonds is 6. The minimum Gasteiger partial charge on any atom is -0.496 e. The van der Waals surface area contributed by atoms with Gasteiger partial charge in [0.25, 0.3) is 0 Å².